The molecule has 1 aromatic rings. The molecular weight excluding hydrogens is 192 g/mol. The molecule has 0 saturated heterocycles. The number of nitrogens with one attached hydrogen (secondary N) is 1. The zero-order chi connectivity index (χ0) is 11.1. The van der Waals surface area contributed by atoms with E-state index in [1.165, 1.54) is 0 Å². The molecule has 4 nitrogen and oxygen atoms in total. The van der Waals surface area contributed by atoms with Crippen LogP contribution in [0.5, 0.6) is 0 Å². The minimum atomic E-state index is 0.258. The topological polar surface area (TPSA) is 50.7 Å². The Kier molecular flexibility index (Phi) is 4.77. The molecule has 0 unspecified atom stereocenters. The third-order valence-electron chi connectivity index (χ3n) is 1.86. The summed E-state index contributed by atoms with van der Waals surface area (Å²) in [6.07, 6.45) is 0.258. The molecule has 0 bridgehead atoms. The third kappa shape index (κ3) is 4.56. The second-order valence-corrected chi connectivity index (χ2v) is 3.48. The van der Waals surface area contributed by atoms with Crippen molar-refractivity contribution in [2.24, 2.45) is 5.18 Å². The van der Waals surface area contributed by atoms with Crippen LogP contribution in [0.1, 0.15) is 13.8 Å². The summed E-state index contributed by atoms with van der Waals surface area (Å²) in [5.41, 5.74) is 1.41. The average Bonchev–Trinajstić information content (AvgIpc) is 2.25. The first-order valence-corrected chi connectivity index (χ1v) is 5.01. The number of anilines is 1. The van der Waals surface area contributed by atoms with Crippen LogP contribution in [-0.2, 0) is 4.74 Å². The lowest BCUT2D eigenvalue weighted by Gasteiger charge is -2.09. The van der Waals surface area contributed by atoms with E-state index in [0.717, 1.165) is 12.2 Å². The first-order chi connectivity index (χ1) is 7.22. The van der Waals surface area contributed by atoms with Crippen LogP contribution < -0.4 is 5.32 Å². The molecule has 15 heavy (non-hydrogen) atoms. The maximum absolute atomic E-state index is 10.2. The van der Waals surface area contributed by atoms with Gasteiger partial charge in [-0.1, -0.05) is 0 Å². The predicted molar refractivity (Wildman–Crippen MR) is 61.5 cm³/mol. The Morgan fingerprint density at radius 1 is 1.33 bits per heavy atom. The quantitative estimate of drug-likeness (QED) is 0.577. The smallest absolute Gasteiger partial charge is 0.108 e. The molecule has 1 N–H and O–H groups in total. The summed E-state index contributed by atoms with van der Waals surface area (Å²) in [6.45, 7) is 5.44. The van der Waals surface area contributed by atoms with E-state index in [2.05, 4.69) is 10.5 Å². The first kappa shape index (κ1) is 11.7. The molecule has 4 heteroatoms. The van der Waals surface area contributed by atoms with Crippen LogP contribution in [-0.4, -0.2) is 19.3 Å². The number of hydrogen-bond donors (Lipinski definition) is 1. The minimum absolute atomic E-state index is 0.258. The van der Waals surface area contributed by atoms with E-state index in [9.17, 15) is 4.91 Å². The average molecular weight is 208 g/mol. The van der Waals surface area contributed by atoms with Gasteiger partial charge in [0, 0.05) is 12.2 Å². The lowest BCUT2D eigenvalue weighted by Crippen LogP contribution is -2.12. The molecule has 0 aliphatic heterocycles. The normalized spacial score (nSPS) is 10.3. The van der Waals surface area contributed by atoms with Crippen molar-refractivity contribution in [2.75, 3.05) is 18.5 Å². The summed E-state index contributed by atoms with van der Waals surface area (Å²) in [5, 5.41) is 6.01. The molecular formula is C11H16N2O2. The molecule has 0 saturated carbocycles. The Balaban J connectivity index is 2.28. The molecule has 0 spiro atoms. The van der Waals surface area contributed by atoms with Crippen molar-refractivity contribution in [3.05, 3.63) is 29.2 Å². The molecule has 0 fully saturated rings. The fourth-order valence-corrected chi connectivity index (χ4v) is 1.13. The van der Waals surface area contributed by atoms with Gasteiger partial charge in [-0.25, -0.2) is 0 Å². The van der Waals surface area contributed by atoms with Gasteiger partial charge in [0.25, 0.3) is 0 Å². The minimum Gasteiger partial charge on any atom is -0.383 e. The zero-order valence-electron chi connectivity index (χ0n) is 9.06. The molecule has 0 radical (unpaired) electrons. The lowest BCUT2D eigenvalue weighted by molar-refractivity contribution is 0.0870. The Labute approximate surface area is 89.6 Å². The molecule has 0 aliphatic rings. The van der Waals surface area contributed by atoms with Gasteiger partial charge in [0.1, 0.15) is 5.69 Å². The van der Waals surface area contributed by atoms with Gasteiger partial charge in [-0.3, -0.25) is 0 Å². The summed E-state index contributed by atoms with van der Waals surface area (Å²) in [5.74, 6) is 0. The summed E-state index contributed by atoms with van der Waals surface area (Å²) in [7, 11) is 0. The van der Waals surface area contributed by atoms with Crippen molar-refractivity contribution in [2.45, 2.75) is 20.0 Å². The SMILES string of the molecule is CC(C)OCCNc1ccc(N=O)cc1. The Hall–Kier alpha value is -1.42. The van der Waals surface area contributed by atoms with Gasteiger partial charge < -0.3 is 10.1 Å². The van der Waals surface area contributed by atoms with Gasteiger partial charge in [0.2, 0.25) is 0 Å². The molecule has 0 heterocycles. The summed E-state index contributed by atoms with van der Waals surface area (Å²) >= 11 is 0. The van der Waals surface area contributed by atoms with E-state index < -0.39 is 0 Å². The number of benzene rings is 1. The maximum Gasteiger partial charge on any atom is 0.108 e. The molecule has 0 amide bonds. The highest BCUT2D eigenvalue weighted by Gasteiger charge is 1.95. The van der Waals surface area contributed by atoms with Gasteiger partial charge in [-0.15, -0.1) is 4.91 Å². The van der Waals surface area contributed by atoms with Crippen molar-refractivity contribution < 1.29 is 4.74 Å². The number of nitrogens with zero attached hydrogens (tertiary/aromatic N) is 1. The van der Waals surface area contributed by atoms with Crippen molar-refractivity contribution in [3.8, 4) is 0 Å². The van der Waals surface area contributed by atoms with Crippen molar-refractivity contribution in [1.29, 1.82) is 0 Å². The zero-order valence-corrected chi connectivity index (χ0v) is 9.06. The molecule has 1 aromatic carbocycles. The van der Waals surface area contributed by atoms with Gasteiger partial charge in [0.15, 0.2) is 0 Å². The van der Waals surface area contributed by atoms with Crippen molar-refractivity contribution in [3.63, 3.8) is 0 Å². The van der Waals surface area contributed by atoms with E-state index in [0.29, 0.717) is 12.3 Å². The molecule has 82 valence electrons. The summed E-state index contributed by atoms with van der Waals surface area (Å²) in [4.78, 5) is 10.2. The third-order valence-corrected chi connectivity index (χ3v) is 1.86. The standard InChI is InChI=1S/C11H16N2O2/c1-9(2)15-8-7-12-10-3-5-11(13-14)6-4-10/h3-6,9,12H,7-8H2,1-2H3. The number of rotatable bonds is 6. The second-order valence-electron chi connectivity index (χ2n) is 3.48. The fraction of sp³-hybridized carbons (Fsp3) is 0.455. The monoisotopic (exact) mass is 208 g/mol. The summed E-state index contributed by atoms with van der Waals surface area (Å²) < 4.78 is 5.38. The first-order valence-electron chi connectivity index (χ1n) is 5.01. The van der Waals surface area contributed by atoms with E-state index in [4.69, 9.17) is 4.74 Å². The Morgan fingerprint density at radius 3 is 2.53 bits per heavy atom. The van der Waals surface area contributed by atoms with Crippen molar-refractivity contribution in [1.82, 2.24) is 0 Å². The van der Waals surface area contributed by atoms with E-state index in [-0.39, 0.29) is 6.10 Å². The van der Waals surface area contributed by atoms with Crippen LogP contribution in [0.4, 0.5) is 11.4 Å². The number of ether oxygens (including phenoxy) is 1. The molecule has 0 atom stereocenters. The van der Waals surface area contributed by atoms with E-state index in [1.807, 2.05) is 26.0 Å². The van der Waals surface area contributed by atoms with Crippen LogP contribution in [0.2, 0.25) is 0 Å². The highest BCUT2D eigenvalue weighted by molar-refractivity contribution is 5.50. The molecule has 0 aromatic heterocycles. The van der Waals surface area contributed by atoms with E-state index >= 15 is 0 Å². The fourth-order valence-electron chi connectivity index (χ4n) is 1.13. The second kappa shape index (κ2) is 6.14. The largest absolute Gasteiger partial charge is 0.383 e. The number of hydrogen-bond acceptors (Lipinski definition) is 4. The molecule has 0 aliphatic carbocycles. The number of nitroso groups, excluding NO2 is 1. The van der Waals surface area contributed by atoms with Gasteiger partial charge in [-0.05, 0) is 43.3 Å². The van der Waals surface area contributed by atoms with E-state index in [1.54, 1.807) is 12.1 Å². The predicted octanol–water partition coefficient (Wildman–Crippen LogP) is 2.92. The van der Waals surface area contributed by atoms with Gasteiger partial charge in [0.05, 0.1) is 12.7 Å². The summed E-state index contributed by atoms with van der Waals surface area (Å²) in [6, 6.07) is 7.01. The van der Waals surface area contributed by atoms with Crippen LogP contribution in [0.3, 0.4) is 0 Å². The highest BCUT2D eigenvalue weighted by Crippen LogP contribution is 2.15. The molecule has 1 rings (SSSR count). The Bertz CT molecular complexity index is 296. The maximum atomic E-state index is 10.2. The van der Waals surface area contributed by atoms with Crippen LogP contribution in [0, 0.1) is 4.91 Å². The Morgan fingerprint density at radius 2 is 2.00 bits per heavy atom. The van der Waals surface area contributed by atoms with Gasteiger partial charge in [-0.2, -0.15) is 0 Å². The van der Waals surface area contributed by atoms with Crippen LogP contribution >= 0.6 is 0 Å². The van der Waals surface area contributed by atoms with Crippen LogP contribution in [0.15, 0.2) is 29.4 Å². The highest BCUT2D eigenvalue weighted by atomic mass is 16.5. The van der Waals surface area contributed by atoms with Crippen molar-refractivity contribution >= 4 is 11.4 Å². The van der Waals surface area contributed by atoms with Crippen LogP contribution in [0.25, 0.3) is 0 Å². The van der Waals surface area contributed by atoms with Gasteiger partial charge >= 0.3 is 0 Å². The lowest BCUT2D eigenvalue weighted by atomic mass is 10.3.